The van der Waals surface area contributed by atoms with Gasteiger partial charge in [-0.2, -0.15) is 26.3 Å². The minimum Gasteiger partial charge on any atom is -0.467 e. The molecular formula is C18H16ClF9N4O4. The smallest absolute Gasteiger partial charge is 0.467 e. The van der Waals surface area contributed by atoms with E-state index >= 15 is 0 Å². The van der Waals surface area contributed by atoms with Crippen LogP contribution >= 0.6 is 11.6 Å². The summed E-state index contributed by atoms with van der Waals surface area (Å²) in [6.45, 7) is -1.76. The van der Waals surface area contributed by atoms with Gasteiger partial charge in [0.25, 0.3) is 0 Å². The lowest BCUT2D eigenvalue weighted by molar-refractivity contribution is -0.274. The second-order valence-corrected chi connectivity index (χ2v) is 6.67. The van der Waals surface area contributed by atoms with Crippen LogP contribution in [0.5, 0.6) is 5.75 Å². The van der Waals surface area contributed by atoms with Crippen molar-refractivity contribution in [2.75, 3.05) is 31.8 Å². The fourth-order valence-electron chi connectivity index (χ4n) is 2.03. The van der Waals surface area contributed by atoms with Crippen molar-refractivity contribution >= 4 is 35.9 Å². The molecule has 0 aliphatic carbocycles. The van der Waals surface area contributed by atoms with Crippen LogP contribution in [0, 0.1) is 0 Å². The lowest BCUT2D eigenvalue weighted by atomic mass is 10.3. The zero-order valence-corrected chi connectivity index (χ0v) is 18.6. The van der Waals surface area contributed by atoms with Crippen LogP contribution in [0.1, 0.15) is 0 Å². The van der Waals surface area contributed by atoms with E-state index in [0.717, 1.165) is 29.2 Å². The molecule has 1 rings (SSSR count). The van der Waals surface area contributed by atoms with Crippen LogP contribution in [0.4, 0.5) is 50.0 Å². The highest BCUT2D eigenvalue weighted by atomic mass is 35.5. The fourth-order valence-corrected chi connectivity index (χ4v) is 2.26. The number of carbonyl (C=O) groups excluding carboxylic acids is 1. The van der Waals surface area contributed by atoms with Crippen LogP contribution in [0.15, 0.2) is 45.2 Å². The van der Waals surface area contributed by atoms with Crippen molar-refractivity contribution in [2.45, 2.75) is 18.7 Å². The number of urea groups is 1. The van der Waals surface area contributed by atoms with Crippen LogP contribution in [0.3, 0.4) is 0 Å². The standard InChI is InChI=1S/C18H16ClF9N4O4/c1-29-13(34-7-16(20,21)22)12(19)14(35-8-17(23,24)25)30-9-31-15(33)32(2)10-3-5-11(6-4-10)36-18(26,27)28/h3-6H,1,7-9H2,2H3,(H,31,33)/b13-12-,30-14+. The highest BCUT2D eigenvalue weighted by Crippen LogP contribution is 2.25. The van der Waals surface area contributed by atoms with Crippen molar-refractivity contribution in [3.8, 4) is 5.75 Å². The summed E-state index contributed by atoms with van der Waals surface area (Å²) in [6.07, 6.45) is -14.7. The van der Waals surface area contributed by atoms with Gasteiger partial charge >= 0.3 is 24.7 Å². The maximum atomic E-state index is 12.5. The summed E-state index contributed by atoms with van der Waals surface area (Å²) in [7, 11) is 1.19. The first-order valence-electron chi connectivity index (χ1n) is 9.09. The van der Waals surface area contributed by atoms with E-state index in [4.69, 9.17) is 11.6 Å². The second kappa shape index (κ2) is 12.5. The third-order valence-corrected chi connectivity index (χ3v) is 3.80. The topological polar surface area (TPSA) is 84.8 Å². The SMILES string of the molecule is C=N/C(OCC(F)(F)F)=C(Cl)\C(=N/CNC(=O)N(C)c1ccc(OC(F)(F)F)cc1)OCC(F)(F)F. The highest BCUT2D eigenvalue weighted by Gasteiger charge is 2.32. The number of nitrogens with one attached hydrogen (secondary N) is 1. The number of alkyl halides is 9. The molecule has 0 aliphatic rings. The van der Waals surface area contributed by atoms with Gasteiger partial charge in [-0.15, -0.1) is 13.2 Å². The molecule has 1 aromatic rings. The Morgan fingerprint density at radius 3 is 2.00 bits per heavy atom. The molecule has 36 heavy (non-hydrogen) atoms. The van der Waals surface area contributed by atoms with Crippen LogP contribution in [0.25, 0.3) is 0 Å². The van der Waals surface area contributed by atoms with Crippen molar-refractivity contribution in [1.82, 2.24) is 5.32 Å². The number of aliphatic imine (C=N–C) groups is 2. The summed E-state index contributed by atoms with van der Waals surface area (Å²) in [5.41, 5.74) is 0.0798. The predicted octanol–water partition coefficient (Wildman–Crippen LogP) is 5.35. The number of hydrogen-bond acceptors (Lipinski definition) is 6. The lowest BCUT2D eigenvalue weighted by Crippen LogP contribution is -2.37. The molecule has 0 aromatic heterocycles. The number of amides is 2. The Hall–Kier alpha value is -3.37. The van der Waals surface area contributed by atoms with E-state index in [0.29, 0.717) is 0 Å². The molecule has 8 nitrogen and oxygen atoms in total. The minimum absolute atomic E-state index is 0.0798. The maximum absolute atomic E-state index is 12.5. The summed E-state index contributed by atoms with van der Waals surface area (Å²) >= 11 is 5.72. The monoisotopic (exact) mass is 558 g/mol. The normalized spacial score (nSPS) is 13.5. The Labute approximate surface area is 202 Å². The van der Waals surface area contributed by atoms with Gasteiger partial charge in [0.15, 0.2) is 18.2 Å². The van der Waals surface area contributed by atoms with Crippen LogP contribution in [0.2, 0.25) is 0 Å². The molecule has 1 N–H and O–H groups in total. The summed E-state index contributed by atoms with van der Waals surface area (Å²) in [4.78, 5) is 19.6. The van der Waals surface area contributed by atoms with E-state index in [9.17, 15) is 44.3 Å². The molecule has 0 heterocycles. The molecule has 18 heteroatoms. The van der Waals surface area contributed by atoms with Crippen molar-refractivity contribution in [2.24, 2.45) is 9.98 Å². The fraction of sp³-hybridized carbons (Fsp3) is 0.389. The van der Waals surface area contributed by atoms with Gasteiger partial charge in [-0.3, -0.25) is 4.90 Å². The highest BCUT2D eigenvalue weighted by molar-refractivity contribution is 6.42. The summed E-state index contributed by atoms with van der Waals surface area (Å²) in [5.74, 6) is -2.67. The van der Waals surface area contributed by atoms with E-state index in [1.165, 1.54) is 7.05 Å². The van der Waals surface area contributed by atoms with Crippen LogP contribution in [-0.2, 0) is 9.47 Å². The molecule has 0 atom stereocenters. The molecule has 0 saturated carbocycles. The van der Waals surface area contributed by atoms with Crippen molar-refractivity contribution in [3.63, 3.8) is 0 Å². The second-order valence-electron chi connectivity index (χ2n) is 6.29. The molecule has 0 saturated heterocycles. The molecule has 0 fully saturated rings. The summed E-state index contributed by atoms with van der Waals surface area (Å²) in [6, 6.07) is 3.10. The van der Waals surface area contributed by atoms with Gasteiger partial charge in [-0.05, 0) is 31.0 Å². The number of anilines is 1. The zero-order valence-electron chi connectivity index (χ0n) is 17.9. The number of hydrogen-bond donors (Lipinski definition) is 1. The van der Waals surface area contributed by atoms with Crippen molar-refractivity contribution in [1.29, 1.82) is 0 Å². The maximum Gasteiger partial charge on any atom is 0.573 e. The first kappa shape index (κ1) is 30.7. The van der Waals surface area contributed by atoms with Crippen LogP contribution < -0.4 is 15.0 Å². The average molecular weight is 559 g/mol. The van der Waals surface area contributed by atoms with Gasteiger partial charge in [0.05, 0.1) is 0 Å². The van der Waals surface area contributed by atoms with E-state index in [1.54, 1.807) is 0 Å². The van der Waals surface area contributed by atoms with E-state index in [1.807, 2.05) is 0 Å². The number of ether oxygens (including phenoxy) is 3. The average Bonchev–Trinajstić information content (AvgIpc) is 2.73. The molecule has 0 bridgehead atoms. The molecule has 0 unspecified atom stereocenters. The molecular weight excluding hydrogens is 543 g/mol. The van der Waals surface area contributed by atoms with Gasteiger partial charge in [-0.25, -0.2) is 14.8 Å². The van der Waals surface area contributed by atoms with Crippen LogP contribution in [-0.4, -0.2) is 64.3 Å². The number of carbonyl (C=O) groups is 1. The number of halogens is 10. The first-order valence-corrected chi connectivity index (χ1v) is 9.47. The number of benzene rings is 1. The summed E-state index contributed by atoms with van der Waals surface area (Å²) in [5, 5.41) is 1.11. The molecule has 2 amide bonds. The predicted molar refractivity (Wildman–Crippen MR) is 109 cm³/mol. The largest absolute Gasteiger partial charge is 0.573 e. The molecule has 0 aliphatic heterocycles. The van der Waals surface area contributed by atoms with Crippen molar-refractivity contribution < 1.29 is 58.5 Å². The van der Waals surface area contributed by atoms with E-state index in [-0.39, 0.29) is 5.69 Å². The Morgan fingerprint density at radius 2 is 1.53 bits per heavy atom. The number of rotatable bonds is 9. The number of nitrogens with zero attached hydrogens (tertiary/aromatic N) is 3. The van der Waals surface area contributed by atoms with Crippen molar-refractivity contribution in [3.05, 3.63) is 35.2 Å². The molecule has 202 valence electrons. The lowest BCUT2D eigenvalue weighted by Gasteiger charge is -2.18. The first-order chi connectivity index (χ1) is 16.4. The Balaban J connectivity index is 2.97. The van der Waals surface area contributed by atoms with Gasteiger partial charge in [0, 0.05) is 12.7 Å². The Bertz CT molecular complexity index is 961. The Morgan fingerprint density at radius 1 is 1.00 bits per heavy atom. The minimum atomic E-state index is -4.93. The summed E-state index contributed by atoms with van der Waals surface area (Å²) < 4.78 is 124. The van der Waals surface area contributed by atoms with Gasteiger partial charge < -0.3 is 19.5 Å². The molecule has 0 radical (unpaired) electrons. The molecule has 1 aromatic carbocycles. The van der Waals surface area contributed by atoms with Gasteiger partial charge in [0.2, 0.25) is 11.8 Å². The molecule has 0 spiro atoms. The third kappa shape index (κ3) is 11.9. The quantitative estimate of drug-likeness (QED) is 0.192. The zero-order chi connectivity index (χ0) is 27.7. The van der Waals surface area contributed by atoms with Gasteiger partial charge in [0.1, 0.15) is 12.4 Å². The van der Waals surface area contributed by atoms with Gasteiger partial charge in [-0.1, -0.05) is 11.6 Å². The van der Waals surface area contributed by atoms with E-state index in [2.05, 4.69) is 36.2 Å². The van der Waals surface area contributed by atoms with E-state index < -0.39 is 67.2 Å². The third-order valence-electron chi connectivity index (χ3n) is 3.48. The Kier molecular flexibility index (Phi) is 10.7.